The molecule has 3 aromatic rings. The summed E-state index contributed by atoms with van der Waals surface area (Å²) in [6, 6.07) is 10.9. The maximum Gasteiger partial charge on any atom is 0.258 e. The second kappa shape index (κ2) is 7.56. The summed E-state index contributed by atoms with van der Waals surface area (Å²) in [5.41, 5.74) is 2.76. The van der Waals surface area contributed by atoms with E-state index in [0.29, 0.717) is 33.4 Å². The largest absolute Gasteiger partial charge is 0.493 e. The summed E-state index contributed by atoms with van der Waals surface area (Å²) in [5.74, 6) is 0.832. The second-order valence-corrected chi connectivity index (χ2v) is 7.47. The molecule has 2 heterocycles. The minimum absolute atomic E-state index is 0.127. The quantitative estimate of drug-likeness (QED) is 0.670. The summed E-state index contributed by atoms with van der Waals surface area (Å²) in [6.07, 6.45) is 0.140. The van der Waals surface area contributed by atoms with Crippen molar-refractivity contribution in [3.8, 4) is 11.5 Å². The van der Waals surface area contributed by atoms with Gasteiger partial charge in [0.2, 0.25) is 5.91 Å². The van der Waals surface area contributed by atoms with Crippen LogP contribution in [0, 0.1) is 0 Å². The lowest BCUT2D eigenvalue weighted by atomic mass is 10.1. The van der Waals surface area contributed by atoms with Crippen molar-refractivity contribution in [2.24, 2.45) is 0 Å². The summed E-state index contributed by atoms with van der Waals surface area (Å²) >= 11 is 1.35. The number of hydrogen-bond acceptors (Lipinski definition) is 6. The van der Waals surface area contributed by atoms with Crippen molar-refractivity contribution >= 4 is 44.2 Å². The van der Waals surface area contributed by atoms with Gasteiger partial charge in [-0.05, 0) is 6.07 Å². The van der Waals surface area contributed by atoms with Gasteiger partial charge in [-0.1, -0.05) is 36.1 Å². The molecule has 1 N–H and O–H groups in total. The summed E-state index contributed by atoms with van der Waals surface area (Å²) in [4.78, 5) is 30.9. The van der Waals surface area contributed by atoms with Crippen LogP contribution in [-0.2, 0) is 4.79 Å². The van der Waals surface area contributed by atoms with Gasteiger partial charge in [-0.15, -0.1) is 0 Å². The molecule has 0 fully saturated rings. The molecule has 0 atom stereocenters. The Balaban J connectivity index is 1.43. The van der Waals surface area contributed by atoms with Gasteiger partial charge in [-0.3, -0.25) is 9.59 Å². The molecule has 29 heavy (non-hydrogen) atoms. The molecule has 8 heteroatoms. The van der Waals surface area contributed by atoms with E-state index in [4.69, 9.17) is 9.47 Å². The van der Waals surface area contributed by atoms with Gasteiger partial charge in [0.05, 0.1) is 24.4 Å². The first-order valence-corrected chi connectivity index (χ1v) is 9.76. The van der Waals surface area contributed by atoms with Crippen molar-refractivity contribution in [2.75, 3.05) is 26.1 Å². The molecular weight excluding hydrogens is 390 g/mol. The maximum absolute atomic E-state index is 12.5. The number of benzene rings is 2. The molecule has 0 bridgehead atoms. The van der Waals surface area contributed by atoms with E-state index in [-0.39, 0.29) is 24.8 Å². The number of carbonyl (C=O) groups is 2. The molecular formula is C21H19N3O4S. The number of carbonyl (C=O) groups excluding carboxylic acids is 2. The number of nitrogens with one attached hydrogen (secondary N) is 1. The zero-order valence-electron chi connectivity index (χ0n) is 16.0. The molecule has 7 nitrogen and oxygen atoms in total. The average molecular weight is 409 g/mol. The molecule has 148 valence electrons. The van der Waals surface area contributed by atoms with E-state index >= 15 is 0 Å². The van der Waals surface area contributed by atoms with E-state index in [1.807, 2.05) is 24.3 Å². The lowest BCUT2D eigenvalue weighted by molar-refractivity contribution is -0.116. The highest BCUT2D eigenvalue weighted by atomic mass is 32.1. The lowest BCUT2D eigenvalue weighted by Gasteiger charge is -2.16. The van der Waals surface area contributed by atoms with Crippen LogP contribution < -0.4 is 14.8 Å². The summed E-state index contributed by atoms with van der Waals surface area (Å²) in [6.45, 7) is 4.24. The number of anilines is 1. The molecule has 2 aromatic carbocycles. The number of methoxy groups -OCH3 is 2. The van der Waals surface area contributed by atoms with Crippen molar-refractivity contribution < 1.29 is 19.1 Å². The number of hydrogen-bond donors (Lipinski definition) is 1. The van der Waals surface area contributed by atoms with E-state index < -0.39 is 0 Å². The van der Waals surface area contributed by atoms with Crippen molar-refractivity contribution in [2.45, 2.75) is 6.42 Å². The predicted molar refractivity (Wildman–Crippen MR) is 112 cm³/mol. The van der Waals surface area contributed by atoms with Gasteiger partial charge in [0.15, 0.2) is 16.6 Å². The van der Waals surface area contributed by atoms with E-state index in [1.54, 1.807) is 31.3 Å². The smallest absolute Gasteiger partial charge is 0.258 e. The third-order valence-corrected chi connectivity index (χ3v) is 5.68. The lowest BCUT2D eigenvalue weighted by Crippen LogP contribution is -2.27. The van der Waals surface area contributed by atoms with E-state index in [2.05, 4.69) is 16.9 Å². The third kappa shape index (κ3) is 3.42. The van der Waals surface area contributed by atoms with Crippen LogP contribution in [0.15, 0.2) is 43.0 Å². The third-order valence-electron chi connectivity index (χ3n) is 4.74. The fourth-order valence-electron chi connectivity index (χ4n) is 3.27. The Morgan fingerprint density at radius 2 is 1.86 bits per heavy atom. The number of nitrogens with zero attached hydrogens (tertiary/aromatic N) is 2. The first-order chi connectivity index (χ1) is 14.0. The maximum atomic E-state index is 12.5. The summed E-state index contributed by atoms with van der Waals surface area (Å²) in [5, 5.41) is 3.28. The van der Waals surface area contributed by atoms with Crippen LogP contribution in [0.2, 0.25) is 0 Å². The number of fused-ring (bicyclic) bond motifs is 2. The topological polar surface area (TPSA) is 80.8 Å². The number of ether oxygens (including phenoxy) is 2. The van der Waals surface area contributed by atoms with E-state index in [0.717, 1.165) is 10.3 Å². The van der Waals surface area contributed by atoms with Crippen LogP contribution in [0.25, 0.3) is 15.9 Å². The molecule has 1 aliphatic rings. The van der Waals surface area contributed by atoms with Crippen molar-refractivity contribution in [3.63, 3.8) is 0 Å². The highest BCUT2D eigenvalue weighted by molar-refractivity contribution is 7.22. The highest BCUT2D eigenvalue weighted by Crippen LogP contribution is 2.36. The normalized spacial score (nSPS) is 13.0. The molecule has 1 aromatic heterocycles. The van der Waals surface area contributed by atoms with Gasteiger partial charge in [0, 0.05) is 41.9 Å². The van der Waals surface area contributed by atoms with Gasteiger partial charge in [0.1, 0.15) is 0 Å². The summed E-state index contributed by atoms with van der Waals surface area (Å²) < 4.78 is 11.5. The molecule has 4 rings (SSSR count). The minimum atomic E-state index is -0.223. The Morgan fingerprint density at radius 1 is 1.17 bits per heavy atom. The average Bonchev–Trinajstić information content (AvgIpc) is 3.23. The van der Waals surface area contributed by atoms with Crippen LogP contribution >= 0.6 is 11.3 Å². The first-order valence-electron chi connectivity index (χ1n) is 8.94. The van der Waals surface area contributed by atoms with Crippen molar-refractivity contribution in [1.82, 2.24) is 9.88 Å². The molecule has 0 radical (unpaired) electrons. The minimum Gasteiger partial charge on any atom is -0.493 e. The SMILES string of the molecule is C=C1c2ccccc2C(=O)N1CCC(=O)Nc1nc2cc(OC)c(OC)cc2s1. The van der Waals surface area contributed by atoms with Gasteiger partial charge < -0.3 is 19.7 Å². The molecule has 0 unspecified atom stereocenters. The number of rotatable bonds is 6. The van der Waals surface area contributed by atoms with Gasteiger partial charge in [-0.25, -0.2) is 4.98 Å². The zero-order chi connectivity index (χ0) is 20.5. The van der Waals surface area contributed by atoms with Crippen LogP contribution in [0.4, 0.5) is 5.13 Å². The number of thiazole rings is 1. The predicted octanol–water partition coefficient (Wildman–Crippen LogP) is 3.77. The van der Waals surface area contributed by atoms with Crippen LogP contribution in [0.1, 0.15) is 22.3 Å². The number of amides is 2. The Morgan fingerprint density at radius 3 is 2.55 bits per heavy atom. The van der Waals surface area contributed by atoms with Crippen LogP contribution in [-0.4, -0.2) is 42.5 Å². The van der Waals surface area contributed by atoms with Gasteiger partial charge >= 0.3 is 0 Å². The number of aromatic nitrogens is 1. The fourth-order valence-corrected chi connectivity index (χ4v) is 4.17. The molecule has 0 saturated heterocycles. The van der Waals surface area contributed by atoms with E-state index in [9.17, 15) is 9.59 Å². The molecule has 0 saturated carbocycles. The van der Waals surface area contributed by atoms with E-state index in [1.165, 1.54) is 11.3 Å². The van der Waals surface area contributed by atoms with Gasteiger partial charge in [0.25, 0.3) is 5.91 Å². The Bertz CT molecular complexity index is 1060. The van der Waals surface area contributed by atoms with Crippen LogP contribution in [0.5, 0.6) is 11.5 Å². The molecule has 0 spiro atoms. The standard InChI is InChI=1S/C21H19N3O4S/c1-12-13-6-4-5-7-14(13)20(26)24(12)9-8-19(25)23-21-22-15-10-16(27-2)17(28-3)11-18(15)29-21/h4-7,10-11H,1,8-9H2,2-3H3,(H,22,23,25). The highest BCUT2D eigenvalue weighted by Gasteiger charge is 2.30. The second-order valence-electron chi connectivity index (χ2n) is 6.44. The monoisotopic (exact) mass is 409 g/mol. The Hall–Kier alpha value is -3.39. The van der Waals surface area contributed by atoms with Crippen molar-refractivity contribution in [3.05, 3.63) is 54.1 Å². The zero-order valence-corrected chi connectivity index (χ0v) is 16.8. The Labute approximate surface area is 171 Å². The van der Waals surface area contributed by atoms with Crippen LogP contribution in [0.3, 0.4) is 0 Å². The first kappa shape index (κ1) is 18.9. The molecule has 0 aliphatic carbocycles. The Kier molecular flexibility index (Phi) is 4.94. The molecule has 1 aliphatic heterocycles. The summed E-state index contributed by atoms with van der Waals surface area (Å²) in [7, 11) is 3.13. The fraction of sp³-hybridized carbons (Fsp3) is 0.190. The molecule has 2 amide bonds. The van der Waals surface area contributed by atoms with Crippen molar-refractivity contribution in [1.29, 1.82) is 0 Å². The van der Waals surface area contributed by atoms with Gasteiger partial charge in [-0.2, -0.15) is 0 Å².